The first kappa shape index (κ1) is 18.0. The molecule has 3 aromatic rings. The van der Waals surface area contributed by atoms with Crippen molar-refractivity contribution in [2.24, 2.45) is 0 Å². The first-order chi connectivity index (χ1) is 13.4. The molecule has 1 aromatic carbocycles. The Morgan fingerprint density at radius 2 is 2.18 bits per heavy atom. The standard InChI is InChI=1S/C20H18F2N6/c1-13-6-18(28-19(26-13)24-12-25-28)17-8-20(21,22)11-27(10-17)14(2)16-5-3-4-15(7-16)9-23/h3-7,12,17H,2,8,10-11H2,1H3. The van der Waals surface area contributed by atoms with Gasteiger partial charge in [0.1, 0.15) is 6.33 Å². The quantitative estimate of drug-likeness (QED) is 0.697. The average Bonchev–Trinajstić information content (AvgIpc) is 3.13. The number of fused-ring (bicyclic) bond motifs is 1. The predicted molar refractivity (Wildman–Crippen MR) is 99.6 cm³/mol. The van der Waals surface area contributed by atoms with E-state index in [0.29, 0.717) is 40.5 Å². The normalized spacial score (nSPS) is 18.8. The van der Waals surface area contributed by atoms with Crippen LogP contribution in [0, 0.1) is 18.3 Å². The van der Waals surface area contributed by atoms with Crippen LogP contribution < -0.4 is 0 Å². The molecule has 4 rings (SSSR count). The van der Waals surface area contributed by atoms with Crippen LogP contribution in [0.2, 0.25) is 0 Å². The SMILES string of the molecule is C=C(c1cccc(C#N)c1)N1CC(c2cc(C)nc3ncnn23)CC(F)(F)C1. The lowest BCUT2D eigenvalue weighted by molar-refractivity contribution is -0.0575. The molecule has 2 aromatic heterocycles. The second-order valence-electron chi connectivity index (χ2n) is 7.07. The Balaban J connectivity index is 1.70. The van der Waals surface area contributed by atoms with Gasteiger partial charge in [0, 0.05) is 30.3 Å². The van der Waals surface area contributed by atoms with Crippen LogP contribution in [0.25, 0.3) is 11.5 Å². The molecule has 1 aliphatic rings. The summed E-state index contributed by atoms with van der Waals surface area (Å²) in [5.74, 6) is -2.95. The number of alkyl halides is 2. The number of aryl methyl sites for hydroxylation is 1. The number of nitriles is 1. The first-order valence-electron chi connectivity index (χ1n) is 8.86. The molecular formula is C20H18F2N6. The van der Waals surface area contributed by atoms with Gasteiger partial charge in [-0.25, -0.2) is 18.3 Å². The van der Waals surface area contributed by atoms with E-state index in [2.05, 4.69) is 27.7 Å². The fourth-order valence-corrected chi connectivity index (χ4v) is 3.70. The van der Waals surface area contributed by atoms with Gasteiger partial charge in [0.05, 0.1) is 23.9 Å². The number of aromatic nitrogens is 4. The minimum absolute atomic E-state index is 0.284. The number of nitrogens with zero attached hydrogens (tertiary/aromatic N) is 6. The molecule has 1 aliphatic heterocycles. The van der Waals surface area contributed by atoms with Gasteiger partial charge in [-0.05, 0) is 30.7 Å². The monoisotopic (exact) mass is 380 g/mol. The smallest absolute Gasteiger partial charge is 0.265 e. The summed E-state index contributed by atoms with van der Waals surface area (Å²) in [6.45, 7) is 5.78. The Bertz CT molecular complexity index is 1100. The number of halogens is 2. The second kappa shape index (κ2) is 6.68. The number of likely N-dealkylation sites (tertiary alicyclic amines) is 1. The lowest BCUT2D eigenvalue weighted by atomic mass is 9.90. The predicted octanol–water partition coefficient (Wildman–Crippen LogP) is 3.40. The molecule has 0 amide bonds. The first-order valence-corrected chi connectivity index (χ1v) is 8.86. The van der Waals surface area contributed by atoms with Crippen LogP contribution in [-0.2, 0) is 0 Å². The van der Waals surface area contributed by atoms with E-state index in [0.717, 1.165) is 0 Å². The molecule has 0 N–H and O–H groups in total. The highest BCUT2D eigenvalue weighted by atomic mass is 19.3. The van der Waals surface area contributed by atoms with E-state index in [9.17, 15) is 8.78 Å². The van der Waals surface area contributed by atoms with Gasteiger partial charge in [0.15, 0.2) is 0 Å². The lowest BCUT2D eigenvalue weighted by Gasteiger charge is -2.40. The number of hydrogen-bond acceptors (Lipinski definition) is 5. The number of rotatable bonds is 3. The molecule has 142 valence electrons. The molecule has 28 heavy (non-hydrogen) atoms. The molecule has 1 saturated heterocycles. The van der Waals surface area contributed by atoms with Crippen molar-refractivity contribution in [1.82, 2.24) is 24.5 Å². The van der Waals surface area contributed by atoms with Gasteiger partial charge in [0.25, 0.3) is 11.7 Å². The minimum atomic E-state index is -2.89. The molecule has 0 aliphatic carbocycles. The van der Waals surface area contributed by atoms with Crippen LogP contribution in [0.4, 0.5) is 8.78 Å². The Kier molecular flexibility index (Phi) is 4.30. The Hall–Kier alpha value is -3.34. The van der Waals surface area contributed by atoms with E-state index in [1.54, 1.807) is 35.2 Å². The third-order valence-electron chi connectivity index (χ3n) is 4.94. The summed E-state index contributed by atoms with van der Waals surface area (Å²) in [5.41, 5.74) is 2.96. The summed E-state index contributed by atoms with van der Waals surface area (Å²) in [6, 6.07) is 10.7. The maximum absolute atomic E-state index is 14.6. The zero-order chi connectivity index (χ0) is 19.9. The van der Waals surface area contributed by atoms with Crippen molar-refractivity contribution in [3.63, 3.8) is 0 Å². The maximum atomic E-state index is 14.6. The largest absolute Gasteiger partial charge is 0.365 e. The third kappa shape index (κ3) is 3.31. The summed E-state index contributed by atoms with van der Waals surface area (Å²) < 4.78 is 30.8. The Morgan fingerprint density at radius 3 is 2.96 bits per heavy atom. The number of hydrogen-bond donors (Lipinski definition) is 0. The molecule has 1 atom stereocenters. The van der Waals surface area contributed by atoms with Crippen LogP contribution in [0.5, 0.6) is 0 Å². The van der Waals surface area contributed by atoms with Crippen LogP contribution in [-0.4, -0.2) is 43.5 Å². The molecule has 0 bridgehead atoms. The summed E-state index contributed by atoms with van der Waals surface area (Å²) in [7, 11) is 0. The highest BCUT2D eigenvalue weighted by Crippen LogP contribution is 2.39. The number of piperidine rings is 1. The molecule has 1 unspecified atom stereocenters. The van der Waals surface area contributed by atoms with E-state index < -0.39 is 18.4 Å². The van der Waals surface area contributed by atoms with Crippen LogP contribution >= 0.6 is 0 Å². The van der Waals surface area contributed by atoms with Crippen molar-refractivity contribution in [3.8, 4) is 6.07 Å². The average molecular weight is 380 g/mol. The Labute approximate surface area is 160 Å². The molecular weight excluding hydrogens is 362 g/mol. The highest BCUT2D eigenvalue weighted by molar-refractivity contribution is 5.63. The van der Waals surface area contributed by atoms with Crippen molar-refractivity contribution in [1.29, 1.82) is 5.26 Å². The topological polar surface area (TPSA) is 70.1 Å². The zero-order valence-corrected chi connectivity index (χ0v) is 15.3. The fraction of sp³-hybridized carbons (Fsp3) is 0.300. The van der Waals surface area contributed by atoms with Crippen LogP contribution in [0.1, 0.15) is 34.9 Å². The molecule has 0 spiro atoms. The van der Waals surface area contributed by atoms with Gasteiger partial charge in [-0.1, -0.05) is 18.7 Å². The van der Waals surface area contributed by atoms with Crippen molar-refractivity contribution in [2.45, 2.75) is 25.2 Å². The molecule has 8 heteroatoms. The summed E-state index contributed by atoms with van der Waals surface area (Å²) >= 11 is 0. The van der Waals surface area contributed by atoms with E-state index >= 15 is 0 Å². The van der Waals surface area contributed by atoms with Crippen molar-refractivity contribution < 1.29 is 8.78 Å². The number of benzene rings is 1. The summed E-state index contributed by atoms with van der Waals surface area (Å²) in [6.07, 6.45) is 1.09. The fourth-order valence-electron chi connectivity index (χ4n) is 3.70. The van der Waals surface area contributed by atoms with Gasteiger partial charge in [0.2, 0.25) is 0 Å². The maximum Gasteiger partial charge on any atom is 0.265 e. The highest BCUT2D eigenvalue weighted by Gasteiger charge is 2.42. The van der Waals surface area contributed by atoms with Gasteiger partial charge in [-0.15, -0.1) is 0 Å². The molecule has 0 saturated carbocycles. The third-order valence-corrected chi connectivity index (χ3v) is 4.94. The van der Waals surface area contributed by atoms with Gasteiger partial charge in [-0.3, -0.25) is 0 Å². The van der Waals surface area contributed by atoms with Crippen molar-refractivity contribution >= 4 is 11.5 Å². The van der Waals surface area contributed by atoms with Crippen molar-refractivity contribution in [2.75, 3.05) is 13.1 Å². The van der Waals surface area contributed by atoms with E-state index in [1.807, 2.05) is 6.92 Å². The molecule has 6 nitrogen and oxygen atoms in total. The summed E-state index contributed by atoms with van der Waals surface area (Å²) in [5, 5.41) is 13.3. The zero-order valence-electron chi connectivity index (χ0n) is 15.3. The van der Waals surface area contributed by atoms with E-state index in [1.165, 1.54) is 10.8 Å². The van der Waals surface area contributed by atoms with Crippen molar-refractivity contribution in [3.05, 3.63) is 65.8 Å². The van der Waals surface area contributed by atoms with Gasteiger partial charge in [-0.2, -0.15) is 15.3 Å². The van der Waals surface area contributed by atoms with E-state index in [-0.39, 0.29) is 6.42 Å². The molecule has 3 heterocycles. The van der Waals surface area contributed by atoms with Crippen LogP contribution in [0.3, 0.4) is 0 Å². The Morgan fingerprint density at radius 1 is 1.36 bits per heavy atom. The summed E-state index contributed by atoms with van der Waals surface area (Å²) in [4.78, 5) is 9.96. The van der Waals surface area contributed by atoms with Gasteiger partial charge >= 0.3 is 0 Å². The van der Waals surface area contributed by atoms with Gasteiger partial charge < -0.3 is 4.90 Å². The lowest BCUT2D eigenvalue weighted by Crippen LogP contribution is -2.45. The van der Waals surface area contributed by atoms with Crippen LogP contribution in [0.15, 0.2) is 43.2 Å². The minimum Gasteiger partial charge on any atom is -0.365 e. The van der Waals surface area contributed by atoms with E-state index in [4.69, 9.17) is 5.26 Å². The second-order valence-corrected chi connectivity index (χ2v) is 7.07. The molecule has 1 fully saturated rings. The molecule has 0 radical (unpaired) electrons.